The second-order valence-corrected chi connectivity index (χ2v) is 8.36. The molecule has 2 aliphatic heterocycles. The first-order valence-corrected chi connectivity index (χ1v) is 10.3. The molecule has 7 heteroatoms. The van der Waals surface area contributed by atoms with Gasteiger partial charge in [-0.15, -0.1) is 0 Å². The van der Waals surface area contributed by atoms with Gasteiger partial charge < -0.3 is 9.64 Å². The van der Waals surface area contributed by atoms with Gasteiger partial charge in [0, 0.05) is 44.9 Å². The van der Waals surface area contributed by atoms with Crippen molar-refractivity contribution in [2.24, 2.45) is 0 Å². The van der Waals surface area contributed by atoms with Gasteiger partial charge in [-0.2, -0.15) is 0 Å². The van der Waals surface area contributed by atoms with Crippen molar-refractivity contribution in [2.45, 2.75) is 70.3 Å². The van der Waals surface area contributed by atoms with E-state index in [9.17, 15) is 9.18 Å². The highest BCUT2D eigenvalue weighted by atomic mass is 32.1. The van der Waals surface area contributed by atoms with Crippen LogP contribution in [0.5, 0.6) is 5.19 Å². The van der Waals surface area contributed by atoms with Gasteiger partial charge in [0.25, 0.3) is 5.19 Å². The molecular weight excluding hydrogens is 341 g/mol. The lowest BCUT2D eigenvalue weighted by molar-refractivity contribution is -0.131. The molecule has 1 amide bonds. The molecule has 1 saturated carbocycles. The Hall–Kier alpha value is -1.21. The molecule has 1 aromatic rings. The number of aromatic nitrogens is 1. The van der Waals surface area contributed by atoms with Crippen LogP contribution in [0.3, 0.4) is 0 Å². The van der Waals surface area contributed by atoms with E-state index in [1.165, 1.54) is 30.6 Å². The number of rotatable bonds is 4. The summed E-state index contributed by atoms with van der Waals surface area (Å²) in [5.74, 6) is 0.175. The standard InChI is InChI=1S/C18H26FN3O2S/c1-2-17(23)22-8-6-14-16(11-22)25-18(20-14)24-15-7-9-21(10-13(15)19)12-4-3-5-12/h12-13,15H,2-11H2,1H3. The van der Waals surface area contributed by atoms with Gasteiger partial charge in [-0.25, -0.2) is 9.37 Å². The predicted molar refractivity (Wildman–Crippen MR) is 94.7 cm³/mol. The highest BCUT2D eigenvalue weighted by Crippen LogP contribution is 2.33. The van der Waals surface area contributed by atoms with E-state index in [0.29, 0.717) is 37.3 Å². The Morgan fingerprint density at radius 3 is 2.88 bits per heavy atom. The third-order valence-electron chi connectivity index (χ3n) is 5.72. The van der Waals surface area contributed by atoms with E-state index in [0.717, 1.165) is 30.0 Å². The van der Waals surface area contributed by atoms with Crippen molar-refractivity contribution >= 4 is 17.2 Å². The molecule has 1 saturated heterocycles. The number of carbonyl (C=O) groups excluding carboxylic acids is 1. The average molecular weight is 367 g/mol. The predicted octanol–water partition coefficient (Wildman–Crippen LogP) is 2.78. The second kappa shape index (κ2) is 7.19. The summed E-state index contributed by atoms with van der Waals surface area (Å²) >= 11 is 1.48. The molecule has 1 aliphatic carbocycles. The second-order valence-electron chi connectivity index (χ2n) is 7.31. The molecule has 0 spiro atoms. The van der Waals surface area contributed by atoms with E-state index in [1.54, 1.807) is 0 Å². The van der Waals surface area contributed by atoms with Crippen molar-refractivity contribution in [3.8, 4) is 5.19 Å². The Kier molecular flexibility index (Phi) is 4.95. The number of ether oxygens (including phenoxy) is 1. The fourth-order valence-corrected chi connectivity index (χ4v) is 4.94. The van der Waals surface area contributed by atoms with Crippen molar-refractivity contribution in [1.82, 2.24) is 14.8 Å². The molecule has 5 nitrogen and oxygen atoms in total. The maximum absolute atomic E-state index is 14.6. The van der Waals surface area contributed by atoms with Crippen LogP contribution in [0.1, 0.15) is 49.6 Å². The van der Waals surface area contributed by atoms with Gasteiger partial charge in [0.1, 0.15) is 12.3 Å². The molecule has 2 atom stereocenters. The molecular formula is C18H26FN3O2S. The van der Waals surface area contributed by atoms with Crippen LogP contribution in [0.15, 0.2) is 0 Å². The molecule has 0 bridgehead atoms. The average Bonchev–Trinajstić information content (AvgIpc) is 2.96. The molecule has 25 heavy (non-hydrogen) atoms. The van der Waals surface area contributed by atoms with Gasteiger partial charge in [-0.1, -0.05) is 24.7 Å². The molecule has 3 heterocycles. The minimum atomic E-state index is -0.951. The Morgan fingerprint density at radius 1 is 1.36 bits per heavy atom. The first-order chi connectivity index (χ1) is 12.1. The first-order valence-electron chi connectivity index (χ1n) is 9.45. The molecule has 2 unspecified atom stereocenters. The number of amides is 1. The zero-order chi connectivity index (χ0) is 17.4. The third-order valence-corrected chi connectivity index (χ3v) is 6.70. The fourth-order valence-electron chi connectivity index (χ4n) is 3.91. The topological polar surface area (TPSA) is 45.7 Å². The lowest BCUT2D eigenvalue weighted by atomic mass is 9.89. The van der Waals surface area contributed by atoms with E-state index in [-0.39, 0.29) is 5.91 Å². The maximum atomic E-state index is 14.6. The summed E-state index contributed by atoms with van der Waals surface area (Å²) in [4.78, 5) is 21.7. The van der Waals surface area contributed by atoms with Gasteiger partial charge in [0.2, 0.25) is 5.91 Å². The van der Waals surface area contributed by atoms with E-state index in [4.69, 9.17) is 4.74 Å². The number of thiazole rings is 1. The summed E-state index contributed by atoms with van der Waals surface area (Å²) in [7, 11) is 0. The molecule has 4 rings (SSSR count). The maximum Gasteiger partial charge on any atom is 0.274 e. The van der Waals surface area contributed by atoms with E-state index in [2.05, 4.69) is 9.88 Å². The van der Waals surface area contributed by atoms with Crippen LogP contribution in [0.25, 0.3) is 0 Å². The van der Waals surface area contributed by atoms with Gasteiger partial charge in [0.05, 0.1) is 17.1 Å². The molecule has 0 radical (unpaired) electrons. The van der Waals surface area contributed by atoms with Crippen LogP contribution in [0, 0.1) is 0 Å². The summed E-state index contributed by atoms with van der Waals surface area (Å²) in [6, 6.07) is 0.591. The van der Waals surface area contributed by atoms with E-state index in [1.807, 2.05) is 11.8 Å². The number of hydrogen-bond acceptors (Lipinski definition) is 5. The SMILES string of the molecule is CCC(=O)N1CCc2nc(OC3CCN(C4CCC4)CC3F)sc2C1. The fraction of sp³-hybridized carbons (Fsp3) is 0.778. The van der Waals surface area contributed by atoms with Crippen molar-refractivity contribution in [3.63, 3.8) is 0 Å². The monoisotopic (exact) mass is 367 g/mol. The molecule has 138 valence electrons. The van der Waals surface area contributed by atoms with Gasteiger partial charge in [-0.3, -0.25) is 9.69 Å². The number of carbonyl (C=O) groups is 1. The molecule has 1 aromatic heterocycles. The van der Waals surface area contributed by atoms with Gasteiger partial charge in [-0.05, 0) is 12.8 Å². The van der Waals surface area contributed by atoms with Crippen LogP contribution >= 0.6 is 11.3 Å². The van der Waals surface area contributed by atoms with Gasteiger partial charge in [0.15, 0.2) is 0 Å². The normalized spacial score (nSPS) is 27.7. The molecule has 2 fully saturated rings. The number of fused-ring (bicyclic) bond motifs is 1. The summed E-state index contributed by atoms with van der Waals surface area (Å²) in [6.07, 6.45) is 4.38. The van der Waals surface area contributed by atoms with Crippen molar-refractivity contribution in [1.29, 1.82) is 0 Å². The van der Waals surface area contributed by atoms with Crippen LogP contribution in [-0.4, -0.2) is 58.6 Å². The largest absolute Gasteiger partial charge is 0.464 e. The lowest BCUT2D eigenvalue weighted by Crippen LogP contribution is -2.52. The Labute approximate surface area is 152 Å². The summed E-state index contributed by atoms with van der Waals surface area (Å²) < 4.78 is 20.5. The zero-order valence-electron chi connectivity index (χ0n) is 14.7. The minimum absolute atomic E-state index is 0.175. The Bertz CT molecular complexity index is 634. The lowest BCUT2D eigenvalue weighted by Gasteiger charge is -2.42. The first kappa shape index (κ1) is 17.2. The molecule has 0 aromatic carbocycles. The van der Waals surface area contributed by atoms with E-state index < -0.39 is 12.3 Å². The Morgan fingerprint density at radius 2 is 2.20 bits per heavy atom. The van der Waals surface area contributed by atoms with Crippen molar-refractivity contribution < 1.29 is 13.9 Å². The highest BCUT2D eigenvalue weighted by Gasteiger charge is 2.36. The molecule has 3 aliphatic rings. The van der Waals surface area contributed by atoms with Crippen LogP contribution < -0.4 is 4.74 Å². The number of piperidine rings is 1. The zero-order valence-corrected chi connectivity index (χ0v) is 15.6. The number of likely N-dealkylation sites (tertiary alicyclic amines) is 1. The number of hydrogen-bond donors (Lipinski definition) is 0. The van der Waals surface area contributed by atoms with Crippen molar-refractivity contribution in [2.75, 3.05) is 19.6 Å². The minimum Gasteiger partial charge on any atom is -0.464 e. The number of alkyl halides is 1. The van der Waals surface area contributed by atoms with E-state index >= 15 is 0 Å². The van der Waals surface area contributed by atoms with Crippen LogP contribution in [0.2, 0.25) is 0 Å². The number of halogens is 1. The summed E-state index contributed by atoms with van der Waals surface area (Å²) in [5, 5.41) is 0.570. The number of nitrogens with zero attached hydrogens (tertiary/aromatic N) is 3. The third kappa shape index (κ3) is 3.53. The van der Waals surface area contributed by atoms with Gasteiger partial charge >= 0.3 is 0 Å². The Balaban J connectivity index is 1.36. The quantitative estimate of drug-likeness (QED) is 0.821. The smallest absolute Gasteiger partial charge is 0.274 e. The highest BCUT2D eigenvalue weighted by molar-refractivity contribution is 7.13. The van der Waals surface area contributed by atoms with Crippen molar-refractivity contribution in [3.05, 3.63) is 10.6 Å². The summed E-state index contributed by atoms with van der Waals surface area (Å²) in [6.45, 7) is 4.62. The molecule has 0 N–H and O–H groups in total. The summed E-state index contributed by atoms with van der Waals surface area (Å²) in [5.41, 5.74) is 1.02. The van der Waals surface area contributed by atoms with Crippen LogP contribution in [0.4, 0.5) is 4.39 Å². The van der Waals surface area contributed by atoms with Crippen LogP contribution in [-0.2, 0) is 17.8 Å².